The Labute approximate surface area is 141 Å². The molecule has 0 aromatic heterocycles. The minimum absolute atomic E-state index is 0.0480. The Hall–Kier alpha value is -2.25. The maximum Gasteiger partial charge on any atom is 0.224 e. The van der Waals surface area contributed by atoms with Gasteiger partial charge in [0.25, 0.3) is 0 Å². The molecule has 0 bridgehead atoms. The van der Waals surface area contributed by atoms with Crippen LogP contribution in [0, 0.1) is 18.3 Å². The van der Waals surface area contributed by atoms with Crippen molar-refractivity contribution < 1.29 is 4.79 Å². The van der Waals surface area contributed by atoms with E-state index < -0.39 is 0 Å². The van der Waals surface area contributed by atoms with Gasteiger partial charge in [0.2, 0.25) is 5.91 Å². The van der Waals surface area contributed by atoms with Gasteiger partial charge in [-0.15, -0.1) is 0 Å². The smallest absolute Gasteiger partial charge is 0.224 e. The minimum atomic E-state index is 0.0480. The zero-order valence-corrected chi connectivity index (χ0v) is 14.0. The molecule has 0 aliphatic rings. The molecule has 0 heterocycles. The Morgan fingerprint density at radius 1 is 1.17 bits per heavy atom. The summed E-state index contributed by atoms with van der Waals surface area (Å²) in [6.45, 7) is 2.68. The van der Waals surface area contributed by atoms with Crippen molar-refractivity contribution in [2.45, 2.75) is 19.1 Å². The number of benzene rings is 2. The number of carbonyl (C=O) groups is 1. The average molecular weight is 324 g/mol. The number of hydrogen-bond acceptors (Lipinski definition) is 3. The van der Waals surface area contributed by atoms with E-state index in [-0.39, 0.29) is 5.91 Å². The van der Waals surface area contributed by atoms with Gasteiger partial charge in [-0.25, -0.2) is 0 Å². The Bertz CT molecular complexity index is 689. The van der Waals surface area contributed by atoms with Crippen LogP contribution < -0.4 is 5.32 Å². The molecule has 0 saturated heterocycles. The Morgan fingerprint density at radius 3 is 2.65 bits per heavy atom. The molecular formula is C19H20N2OS. The Balaban J connectivity index is 1.66. The van der Waals surface area contributed by atoms with Crippen molar-refractivity contribution in [3.05, 3.63) is 70.8 Å². The number of rotatable bonds is 7. The van der Waals surface area contributed by atoms with Crippen molar-refractivity contribution in [1.29, 1.82) is 5.26 Å². The third-order valence-electron chi connectivity index (χ3n) is 3.45. The van der Waals surface area contributed by atoms with E-state index >= 15 is 0 Å². The van der Waals surface area contributed by atoms with Gasteiger partial charge in [0.1, 0.15) is 0 Å². The van der Waals surface area contributed by atoms with E-state index in [1.807, 2.05) is 55.5 Å². The van der Waals surface area contributed by atoms with Gasteiger partial charge in [0.15, 0.2) is 0 Å². The van der Waals surface area contributed by atoms with E-state index in [1.54, 1.807) is 11.8 Å². The van der Waals surface area contributed by atoms with Gasteiger partial charge in [0, 0.05) is 18.1 Å². The molecule has 4 heteroatoms. The predicted octanol–water partition coefficient (Wildman–Crippen LogP) is 3.46. The lowest BCUT2D eigenvalue weighted by Gasteiger charge is -2.06. The molecule has 1 amide bonds. The molecule has 0 spiro atoms. The van der Waals surface area contributed by atoms with E-state index in [9.17, 15) is 4.79 Å². The van der Waals surface area contributed by atoms with Crippen LogP contribution in [0.5, 0.6) is 0 Å². The molecule has 0 radical (unpaired) electrons. The summed E-state index contributed by atoms with van der Waals surface area (Å²) in [7, 11) is 0. The van der Waals surface area contributed by atoms with Crippen LogP contribution in [-0.2, 0) is 17.0 Å². The molecule has 2 rings (SSSR count). The van der Waals surface area contributed by atoms with Gasteiger partial charge in [-0.05, 0) is 24.1 Å². The SMILES string of the molecule is Cc1ccc(CC(=O)NCCSCc2ccccc2C#N)cc1. The van der Waals surface area contributed by atoms with E-state index in [0.29, 0.717) is 13.0 Å². The van der Waals surface area contributed by atoms with Crippen LogP contribution >= 0.6 is 11.8 Å². The van der Waals surface area contributed by atoms with Gasteiger partial charge < -0.3 is 5.32 Å². The van der Waals surface area contributed by atoms with E-state index in [1.165, 1.54) is 5.56 Å². The lowest BCUT2D eigenvalue weighted by atomic mass is 10.1. The number of nitrogens with one attached hydrogen (secondary N) is 1. The van der Waals surface area contributed by atoms with Crippen molar-refractivity contribution in [2.75, 3.05) is 12.3 Å². The van der Waals surface area contributed by atoms with Crippen LogP contribution in [0.15, 0.2) is 48.5 Å². The van der Waals surface area contributed by atoms with Crippen LogP contribution in [0.25, 0.3) is 0 Å². The molecule has 1 N–H and O–H groups in total. The van der Waals surface area contributed by atoms with Crippen LogP contribution in [0.2, 0.25) is 0 Å². The van der Waals surface area contributed by atoms with Crippen molar-refractivity contribution >= 4 is 17.7 Å². The second kappa shape index (κ2) is 9.02. The molecule has 3 nitrogen and oxygen atoms in total. The molecule has 2 aromatic carbocycles. The fraction of sp³-hybridized carbons (Fsp3) is 0.263. The Kier molecular flexibility index (Phi) is 6.71. The van der Waals surface area contributed by atoms with E-state index in [2.05, 4.69) is 11.4 Å². The highest BCUT2D eigenvalue weighted by atomic mass is 32.2. The molecule has 0 aliphatic heterocycles. The van der Waals surface area contributed by atoms with Gasteiger partial charge >= 0.3 is 0 Å². The normalized spacial score (nSPS) is 10.1. The van der Waals surface area contributed by atoms with Gasteiger partial charge in [-0.1, -0.05) is 48.0 Å². The molecule has 0 unspecified atom stereocenters. The van der Waals surface area contributed by atoms with Crippen molar-refractivity contribution in [1.82, 2.24) is 5.32 Å². The molecule has 0 fully saturated rings. The molecule has 0 aliphatic carbocycles. The fourth-order valence-electron chi connectivity index (χ4n) is 2.15. The van der Waals surface area contributed by atoms with Crippen LogP contribution in [0.4, 0.5) is 0 Å². The first-order valence-corrected chi connectivity index (χ1v) is 8.72. The zero-order chi connectivity index (χ0) is 16.5. The van der Waals surface area contributed by atoms with Gasteiger partial charge in [-0.3, -0.25) is 4.79 Å². The number of nitrogens with zero attached hydrogens (tertiary/aromatic N) is 1. The summed E-state index contributed by atoms with van der Waals surface area (Å²) in [5.41, 5.74) is 4.00. The van der Waals surface area contributed by atoms with E-state index in [4.69, 9.17) is 5.26 Å². The van der Waals surface area contributed by atoms with Crippen LogP contribution in [-0.4, -0.2) is 18.2 Å². The lowest BCUT2D eigenvalue weighted by molar-refractivity contribution is -0.120. The summed E-state index contributed by atoms with van der Waals surface area (Å²) in [5.74, 6) is 1.67. The summed E-state index contributed by atoms with van der Waals surface area (Å²) >= 11 is 1.72. The van der Waals surface area contributed by atoms with Crippen LogP contribution in [0.3, 0.4) is 0 Å². The monoisotopic (exact) mass is 324 g/mol. The first kappa shape index (κ1) is 17.1. The Morgan fingerprint density at radius 2 is 1.91 bits per heavy atom. The number of thioether (sulfide) groups is 1. The number of amides is 1. The molecule has 0 saturated carbocycles. The van der Waals surface area contributed by atoms with Crippen LogP contribution in [0.1, 0.15) is 22.3 Å². The number of hydrogen-bond donors (Lipinski definition) is 1. The molecule has 23 heavy (non-hydrogen) atoms. The topological polar surface area (TPSA) is 52.9 Å². The number of carbonyl (C=O) groups excluding carboxylic acids is 1. The summed E-state index contributed by atoms with van der Waals surface area (Å²) in [4.78, 5) is 11.9. The van der Waals surface area contributed by atoms with Crippen molar-refractivity contribution in [2.24, 2.45) is 0 Å². The highest BCUT2D eigenvalue weighted by molar-refractivity contribution is 7.98. The fourth-order valence-corrected chi connectivity index (χ4v) is 3.02. The second-order valence-electron chi connectivity index (χ2n) is 5.33. The maximum atomic E-state index is 11.9. The number of aryl methyl sites for hydroxylation is 1. The minimum Gasteiger partial charge on any atom is -0.355 e. The van der Waals surface area contributed by atoms with E-state index in [0.717, 1.165) is 28.2 Å². The third-order valence-corrected chi connectivity index (χ3v) is 4.46. The molecule has 118 valence electrons. The second-order valence-corrected chi connectivity index (χ2v) is 6.44. The summed E-state index contributed by atoms with van der Waals surface area (Å²) in [6.07, 6.45) is 0.419. The third kappa shape index (κ3) is 5.80. The molecular weight excluding hydrogens is 304 g/mol. The zero-order valence-electron chi connectivity index (χ0n) is 13.2. The summed E-state index contributed by atoms with van der Waals surface area (Å²) in [6, 6.07) is 17.8. The highest BCUT2D eigenvalue weighted by Crippen LogP contribution is 2.15. The predicted molar refractivity (Wildman–Crippen MR) is 95.2 cm³/mol. The largest absolute Gasteiger partial charge is 0.355 e. The molecule has 0 atom stereocenters. The summed E-state index contributed by atoms with van der Waals surface area (Å²) < 4.78 is 0. The van der Waals surface area contributed by atoms with Crippen molar-refractivity contribution in [3.8, 4) is 6.07 Å². The molecule has 2 aromatic rings. The van der Waals surface area contributed by atoms with Gasteiger partial charge in [-0.2, -0.15) is 17.0 Å². The highest BCUT2D eigenvalue weighted by Gasteiger charge is 2.04. The standard InChI is InChI=1S/C19H20N2OS/c1-15-6-8-16(9-7-15)12-19(22)21-10-11-23-14-18-5-3-2-4-17(18)13-20/h2-9H,10-12,14H2,1H3,(H,21,22). The van der Waals surface area contributed by atoms with Crippen molar-refractivity contribution in [3.63, 3.8) is 0 Å². The maximum absolute atomic E-state index is 11.9. The first-order valence-electron chi connectivity index (χ1n) is 7.57. The van der Waals surface area contributed by atoms with Gasteiger partial charge in [0.05, 0.1) is 18.1 Å². The average Bonchev–Trinajstić information content (AvgIpc) is 2.57. The quantitative estimate of drug-likeness (QED) is 0.794. The lowest BCUT2D eigenvalue weighted by Crippen LogP contribution is -2.27. The number of nitriles is 1. The summed E-state index contributed by atoms with van der Waals surface area (Å²) in [5, 5.41) is 12.0. The first-order chi connectivity index (χ1) is 11.2.